The van der Waals surface area contributed by atoms with Crippen LogP contribution in [0.15, 0.2) is 36.5 Å². The van der Waals surface area contributed by atoms with E-state index in [9.17, 15) is 14.7 Å². The summed E-state index contributed by atoms with van der Waals surface area (Å²) in [5.41, 5.74) is 7.68. The number of hydrogen-bond acceptors (Lipinski definition) is 4. The number of nitrogens with two attached hydrogens (primary N) is 1. The van der Waals surface area contributed by atoms with Crippen LogP contribution in [0.4, 0.5) is 0 Å². The average Bonchev–Trinajstić information content (AvgIpc) is 2.80. The summed E-state index contributed by atoms with van der Waals surface area (Å²) in [5, 5.41) is 26.0. The Morgan fingerprint density at radius 1 is 1.18 bits per heavy atom. The fourth-order valence-electron chi connectivity index (χ4n) is 1.67. The molecule has 1 aromatic carbocycles. The molecule has 0 radical (unpaired) electrons. The largest absolute Gasteiger partial charge is 0.508 e. The minimum Gasteiger partial charge on any atom is -0.508 e. The zero-order valence-electron chi connectivity index (χ0n) is 11.1. The predicted molar refractivity (Wildman–Crippen MR) is 83.9 cm³/mol. The van der Waals surface area contributed by atoms with Crippen molar-refractivity contribution >= 4 is 22.8 Å². The summed E-state index contributed by atoms with van der Waals surface area (Å²) in [6.07, 6.45) is 3.89. The molecule has 0 spiro atoms. The zero-order chi connectivity index (χ0) is 15.8. The lowest BCUT2D eigenvalue weighted by molar-refractivity contribution is -0.134. The normalized spacial score (nSPS) is 9.86. The van der Waals surface area contributed by atoms with Gasteiger partial charge in [0.15, 0.2) is 0 Å². The molecule has 2 aromatic rings. The number of carbonyl (C=O) groups is 2. The first-order valence-electron chi connectivity index (χ1n) is 6.07. The van der Waals surface area contributed by atoms with Crippen molar-refractivity contribution in [2.24, 2.45) is 5.73 Å². The van der Waals surface area contributed by atoms with Gasteiger partial charge in [0.2, 0.25) is 0 Å². The molecular weight excluding hydrogens is 288 g/mol. The molecule has 7 heteroatoms. The van der Waals surface area contributed by atoms with Gasteiger partial charge in [0.1, 0.15) is 5.75 Å². The molecule has 0 amide bonds. The third-order valence-electron chi connectivity index (χ3n) is 2.53. The van der Waals surface area contributed by atoms with Gasteiger partial charge < -0.3 is 26.0 Å². The molecule has 6 N–H and O–H groups in total. The number of rotatable bonds is 4. The Morgan fingerprint density at radius 2 is 1.77 bits per heavy atom. The van der Waals surface area contributed by atoms with E-state index < -0.39 is 11.9 Å². The SMILES string of the molecule is C.NCCc1c[nH]c2ccc(O)cc12.O=C(O)C=CC(=O)O. The van der Waals surface area contributed by atoms with Gasteiger partial charge in [-0.1, -0.05) is 7.43 Å². The molecule has 0 unspecified atom stereocenters. The van der Waals surface area contributed by atoms with Gasteiger partial charge in [0.25, 0.3) is 0 Å². The number of carboxylic acid groups (broad SMARTS) is 2. The van der Waals surface area contributed by atoms with Crippen molar-refractivity contribution < 1.29 is 24.9 Å². The molecule has 0 aliphatic heterocycles. The summed E-state index contributed by atoms with van der Waals surface area (Å²) < 4.78 is 0. The highest BCUT2D eigenvalue weighted by atomic mass is 16.4. The summed E-state index contributed by atoms with van der Waals surface area (Å²) >= 11 is 0. The quantitative estimate of drug-likeness (QED) is 0.545. The summed E-state index contributed by atoms with van der Waals surface area (Å²) in [4.78, 5) is 22.2. The van der Waals surface area contributed by atoms with Gasteiger partial charge in [-0.25, -0.2) is 9.59 Å². The van der Waals surface area contributed by atoms with E-state index in [0.29, 0.717) is 24.4 Å². The topological polar surface area (TPSA) is 137 Å². The van der Waals surface area contributed by atoms with Crippen LogP contribution < -0.4 is 5.73 Å². The fraction of sp³-hybridized carbons (Fsp3) is 0.200. The number of phenolic OH excluding ortho intramolecular Hbond substituents is 1. The third-order valence-corrected chi connectivity index (χ3v) is 2.53. The van der Waals surface area contributed by atoms with Crippen molar-refractivity contribution in [3.05, 3.63) is 42.1 Å². The number of fused-ring (bicyclic) bond motifs is 1. The Balaban J connectivity index is 0.000000432. The molecule has 22 heavy (non-hydrogen) atoms. The maximum Gasteiger partial charge on any atom is 0.328 e. The Morgan fingerprint density at radius 3 is 2.27 bits per heavy atom. The van der Waals surface area contributed by atoms with Gasteiger partial charge in [0, 0.05) is 29.3 Å². The van der Waals surface area contributed by atoms with Gasteiger partial charge in [-0.05, 0) is 36.7 Å². The number of benzene rings is 1. The Bertz CT molecular complexity index is 645. The van der Waals surface area contributed by atoms with E-state index in [1.54, 1.807) is 12.1 Å². The highest BCUT2D eigenvalue weighted by Crippen LogP contribution is 2.22. The van der Waals surface area contributed by atoms with E-state index in [-0.39, 0.29) is 7.43 Å². The predicted octanol–water partition coefficient (Wildman–Crippen LogP) is 1.72. The van der Waals surface area contributed by atoms with E-state index in [0.717, 1.165) is 22.9 Å². The molecule has 0 atom stereocenters. The number of carboxylic acids is 2. The smallest absolute Gasteiger partial charge is 0.328 e. The number of H-pyrrole nitrogens is 1. The summed E-state index contributed by atoms with van der Waals surface area (Å²) in [7, 11) is 0. The van der Waals surface area contributed by atoms with Gasteiger partial charge in [0.05, 0.1) is 0 Å². The Labute approximate surface area is 127 Å². The van der Waals surface area contributed by atoms with Gasteiger partial charge in [-0.3, -0.25) is 0 Å². The molecule has 1 heterocycles. The van der Waals surface area contributed by atoms with Gasteiger partial charge in [-0.2, -0.15) is 0 Å². The highest BCUT2D eigenvalue weighted by Gasteiger charge is 2.02. The first-order chi connectivity index (χ1) is 9.93. The maximum atomic E-state index is 9.55. The zero-order valence-corrected chi connectivity index (χ0v) is 11.1. The molecule has 0 bridgehead atoms. The second kappa shape index (κ2) is 9.19. The van der Waals surface area contributed by atoms with E-state index >= 15 is 0 Å². The highest BCUT2D eigenvalue weighted by molar-refractivity contribution is 5.89. The van der Waals surface area contributed by atoms with Gasteiger partial charge in [-0.15, -0.1) is 0 Å². The van der Waals surface area contributed by atoms with E-state index in [2.05, 4.69) is 4.98 Å². The molecule has 0 saturated heterocycles. The van der Waals surface area contributed by atoms with Crippen LogP contribution in [0.3, 0.4) is 0 Å². The Hall–Kier alpha value is -2.80. The van der Waals surface area contributed by atoms with E-state index in [4.69, 9.17) is 15.9 Å². The number of aromatic hydroxyl groups is 1. The van der Waals surface area contributed by atoms with Crippen molar-refractivity contribution in [3.8, 4) is 5.75 Å². The first kappa shape index (κ1) is 19.2. The minimum absolute atomic E-state index is 0. The maximum absolute atomic E-state index is 9.55. The van der Waals surface area contributed by atoms with Crippen LogP contribution in [0.25, 0.3) is 10.9 Å². The molecule has 0 saturated carbocycles. The van der Waals surface area contributed by atoms with Crippen LogP contribution in [-0.4, -0.2) is 38.8 Å². The molecule has 1 aromatic heterocycles. The molecule has 0 fully saturated rings. The van der Waals surface area contributed by atoms with Crippen LogP contribution in [0.1, 0.15) is 13.0 Å². The number of aromatic amines is 1. The molecule has 7 nitrogen and oxygen atoms in total. The number of aromatic nitrogens is 1. The number of aliphatic carboxylic acids is 2. The van der Waals surface area contributed by atoms with Gasteiger partial charge >= 0.3 is 11.9 Å². The van der Waals surface area contributed by atoms with Crippen LogP contribution in [0.5, 0.6) is 5.75 Å². The first-order valence-corrected chi connectivity index (χ1v) is 6.07. The minimum atomic E-state index is -1.26. The van der Waals surface area contributed by atoms with Crippen LogP contribution >= 0.6 is 0 Å². The molecule has 120 valence electrons. The number of hydrogen-bond donors (Lipinski definition) is 5. The van der Waals surface area contributed by atoms with Crippen molar-refractivity contribution in [1.29, 1.82) is 0 Å². The third kappa shape index (κ3) is 6.10. The summed E-state index contributed by atoms with van der Waals surface area (Å²) in [6.45, 7) is 0.628. The van der Waals surface area contributed by atoms with Crippen molar-refractivity contribution in [1.82, 2.24) is 4.98 Å². The van der Waals surface area contributed by atoms with Crippen LogP contribution in [-0.2, 0) is 16.0 Å². The molecule has 0 aliphatic carbocycles. The lowest BCUT2D eigenvalue weighted by Gasteiger charge is -1.96. The second-order valence-corrected chi connectivity index (χ2v) is 4.09. The van der Waals surface area contributed by atoms with Crippen molar-refractivity contribution in [2.75, 3.05) is 6.54 Å². The summed E-state index contributed by atoms with van der Waals surface area (Å²) in [6, 6.07) is 5.30. The van der Waals surface area contributed by atoms with E-state index in [1.807, 2.05) is 12.3 Å². The van der Waals surface area contributed by atoms with Crippen LogP contribution in [0.2, 0.25) is 0 Å². The number of phenols is 1. The average molecular weight is 308 g/mol. The fourth-order valence-corrected chi connectivity index (χ4v) is 1.67. The van der Waals surface area contributed by atoms with Crippen molar-refractivity contribution in [3.63, 3.8) is 0 Å². The van der Waals surface area contributed by atoms with Crippen LogP contribution in [0, 0.1) is 0 Å². The number of nitrogens with one attached hydrogen (secondary N) is 1. The van der Waals surface area contributed by atoms with E-state index in [1.165, 1.54) is 0 Å². The molecule has 0 aliphatic rings. The molecular formula is C15H20N2O5. The second-order valence-electron chi connectivity index (χ2n) is 4.09. The summed E-state index contributed by atoms with van der Waals surface area (Å²) in [5.74, 6) is -2.22. The molecule has 2 rings (SSSR count). The standard InChI is InChI=1S/C10H12N2O.C4H4O4.CH4/c11-4-3-7-6-12-10-2-1-8(13)5-9(7)10;5-3(6)1-2-4(7)8;/h1-2,5-6,12-13H,3-4,11H2;1-2H,(H,5,6)(H,7,8);1H4. The lowest BCUT2D eigenvalue weighted by atomic mass is 10.1. The van der Waals surface area contributed by atoms with Crippen molar-refractivity contribution in [2.45, 2.75) is 13.8 Å². The Kier molecular flexibility index (Phi) is 8.02. The lowest BCUT2D eigenvalue weighted by Crippen LogP contribution is -2.01. The monoisotopic (exact) mass is 308 g/mol.